The van der Waals surface area contributed by atoms with Crippen molar-refractivity contribution in [1.82, 2.24) is 15.3 Å². The molecule has 122 valence electrons. The molecule has 0 unspecified atom stereocenters. The number of hydrogen-bond acceptors (Lipinski definition) is 5. The molecule has 6 nitrogen and oxygen atoms in total. The van der Waals surface area contributed by atoms with Crippen molar-refractivity contribution in [1.29, 1.82) is 0 Å². The number of rotatable bonds is 4. The molecule has 0 spiro atoms. The first-order chi connectivity index (χ1) is 11.2. The van der Waals surface area contributed by atoms with Crippen LogP contribution < -0.4 is 10.6 Å². The summed E-state index contributed by atoms with van der Waals surface area (Å²) in [7, 11) is 0. The van der Waals surface area contributed by atoms with E-state index >= 15 is 0 Å². The Morgan fingerprint density at radius 3 is 2.83 bits per heavy atom. The molecule has 0 aliphatic heterocycles. The van der Waals surface area contributed by atoms with Crippen molar-refractivity contribution >= 4 is 22.8 Å². The number of aliphatic hydroxyl groups is 1. The Hall–Kier alpha value is -2.21. The number of aromatic nitrogens is 2. The Morgan fingerprint density at radius 1 is 1.30 bits per heavy atom. The predicted molar refractivity (Wildman–Crippen MR) is 89.4 cm³/mol. The van der Waals surface area contributed by atoms with Gasteiger partial charge in [0.25, 0.3) is 5.91 Å². The van der Waals surface area contributed by atoms with E-state index in [0.717, 1.165) is 31.1 Å². The maximum absolute atomic E-state index is 12.2. The van der Waals surface area contributed by atoms with Crippen molar-refractivity contribution in [3.05, 3.63) is 30.0 Å². The van der Waals surface area contributed by atoms with Crippen LogP contribution in [0.15, 0.2) is 24.4 Å². The molecule has 1 amide bonds. The molecule has 23 heavy (non-hydrogen) atoms. The third-order valence-electron chi connectivity index (χ3n) is 4.22. The number of fused-ring (bicyclic) bond motifs is 1. The van der Waals surface area contributed by atoms with Gasteiger partial charge in [-0.25, -0.2) is 9.97 Å². The molecule has 3 N–H and O–H groups in total. The molecule has 1 aromatic heterocycles. The molecule has 0 saturated heterocycles. The van der Waals surface area contributed by atoms with E-state index in [1.54, 1.807) is 12.3 Å². The first-order valence-corrected chi connectivity index (χ1v) is 8.16. The molecular formula is C17H22N4O2. The number of hydrogen-bond donors (Lipinski definition) is 3. The highest BCUT2D eigenvalue weighted by Gasteiger charge is 2.20. The summed E-state index contributed by atoms with van der Waals surface area (Å²) in [4.78, 5) is 21.1. The van der Waals surface area contributed by atoms with E-state index in [9.17, 15) is 9.90 Å². The SMILES string of the molecule is CCNC(=O)c1cccc2cnc(N[C@H]3CC[C@H](O)CC3)nc12. The first-order valence-electron chi connectivity index (χ1n) is 8.16. The van der Waals surface area contributed by atoms with Crippen LogP contribution in [0, 0.1) is 0 Å². The lowest BCUT2D eigenvalue weighted by Gasteiger charge is -2.26. The van der Waals surface area contributed by atoms with Gasteiger partial charge in [-0.1, -0.05) is 12.1 Å². The van der Waals surface area contributed by atoms with Gasteiger partial charge >= 0.3 is 0 Å². The highest BCUT2D eigenvalue weighted by atomic mass is 16.3. The zero-order valence-electron chi connectivity index (χ0n) is 13.2. The van der Waals surface area contributed by atoms with Crippen LogP contribution in [0.3, 0.4) is 0 Å². The number of para-hydroxylation sites is 1. The Balaban J connectivity index is 1.85. The summed E-state index contributed by atoms with van der Waals surface area (Å²) >= 11 is 0. The number of benzene rings is 1. The van der Waals surface area contributed by atoms with E-state index in [1.165, 1.54) is 0 Å². The molecule has 1 saturated carbocycles. The van der Waals surface area contributed by atoms with Gasteiger partial charge in [0.2, 0.25) is 5.95 Å². The van der Waals surface area contributed by atoms with E-state index in [4.69, 9.17) is 0 Å². The van der Waals surface area contributed by atoms with E-state index < -0.39 is 0 Å². The Bertz CT molecular complexity index is 696. The quantitative estimate of drug-likeness (QED) is 0.804. The van der Waals surface area contributed by atoms with Gasteiger partial charge < -0.3 is 15.7 Å². The van der Waals surface area contributed by atoms with Gasteiger partial charge in [-0.2, -0.15) is 0 Å². The van der Waals surface area contributed by atoms with Gasteiger partial charge in [0.15, 0.2) is 0 Å². The lowest BCUT2D eigenvalue weighted by Crippen LogP contribution is -2.29. The molecule has 0 atom stereocenters. The van der Waals surface area contributed by atoms with Gasteiger partial charge in [0.05, 0.1) is 17.2 Å². The third kappa shape index (κ3) is 3.59. The fourth-order valence-corrected chi connectivity index (χ4v) is 2.97. The van der Waals surface area contributed by atoms with Crippen molar-refractivity contribution < 1.29 is 9.90 Å². The summed E-state index contributed by atoms with van der Waals surface area (Å²) in [6.45, 7) is 2.47. The summed E-state index contributed by atoms with van der Waals surface area (Å²) in [5, 5.41) is 16.6. The molecule has 1 aliphatic rings. The number of nitrogens with zero attached hydrogens (tertiary/aromatic N) is 2. The van der Waals surface area contributed by atoms with Gasteiger partial charge in [-0.05, 0) is 38.7 Å². The number of anilines is 1. The second kappa shape index (κ2) is 6.91. The van der Waals surface area contributed by atoms with Crippen molar-refractivity contribution in [2.45, 2.75) is 44.8 Å². The lowest BCUT2D eigenvalue weighted by molar-refractivity contribution is 0.0957. The van der Waals surface area contributed by atoms with Crippen molar-refractivity contribution in [3.63, 3.8) is 0 Å². The summed E-state index contributed by atoms with van der Waals surface area (Å²) in [5.74, 6) is 0.416. The fourth-order valence-electron chi connectivity index (χ4n) is 2.97. The highest BCUT2D eigenvalue weighted by molar-refractivity contribution is 6.05. The normalized spacial score (nSPS) is 21.1. The fraction of sp³-hybridized carbons (Fsp3) is 0.471. The number of nitrogens with one attached hydrogen (secondary N) is 2. The standard InChI is InChI=1S/C17H22N4O2/c1-2-18-16(23)14-5-3-4-11-10-19-17(21-15(11)14)20-12-6-8-13(22)9-7-12/h3-5,10,12-13,22H,2,6-9H2,1H3,(H,18,23)(H,19,20,21)/t12-,13-. The molecule has 0 bridgehead atoms. The van der Waals surface area contributed by atoms with Gasteiger partial charge in [0, 0.05) is 24.2 Å². The van der Waals surface area contributed by atoms with Gasteiger partial charge in [0.1, 0.15) is 0 Å². The van der Waals surface area contributed by atoms with Crippen molar-refractivity contribution in [3.8, 4) is 0 Å². The average molecular weight is 314 g/mol. The van der Waals surface area contributed by atoms with Crippen molar-refractivity contribution in [2.24, 2.45) is 0 Å². The Morgan fingerprint density at radius 2 is 2.09 bits per heavy atom. The van der Waals surface area contributed by atoms with Crippen LogP contribution in [0.4, 0.5) is 5.95 Å². The number of carbonyl (C=O) groups is 1. The number of aliphatic hydroxyl groups excluding tert-OH is 1. The zero-order valence-corrected chi connectivity index (χ0v) is 13.2. The molecular weight excluding hydrogens is 292 g/mol. The minimum atomic E-state index is -0.185. The molecule has 6 heteroatoms. The highest BCUT2D eigenvalue weighted by Crippen LogP contribution is 2.22. The van der Waals surface area contributed by atoms with Gasteiger partial charge in [-0.3, -0.25) is 4.79 Å². The van der Waals surface area contributed by atoms with Crippen LogP contribution in [0.25, 0.3) is 10.9 Å². The van der Waals surface area contributed by atoms with Gasteiger partial charge in [-0.15, -0.1) is 0 Å². The minimum Gasteiger partial charge on any atom is -0.393 e. The molecule has 1 heterocycles. The summed E-state index contributed by atoms with van der Waals surface area (Å²) in [6, 6.07) is 5.79. The van der Waals surface area contributed by atoms with Crippen LogP contribution in [0.1, 0.15) is 43.0 Å². The monoisotopic (exact) mass is 314 g/mol. The molecule has 2 aromatic rings. The Labute approximate surface area is 135 Å². The second-order valence-corrected chi connectivity index (χ2v) is 5.95. The number of carbonyl (C=O) groups excluding carboxylic acids is 1. The van der Waals surface area contributed by atoms with Crippen LogP contribution in [0.2, 0.25) is 0 Å². The molecule has 1 aromatic carbocycles. The van der Waals surface area contributed by atoms with Crippen LogP contribution >= 0.6 is 0 Å². The lowest BCUT2D eigenvalue weighted by atomic mass is 9.93. The average Bonchev–Trinajstić information content (AvgIpc) is 2.56. The molecule has 3 rings (SSSR count). The van der Waals surface area contributed by atoms with E-state index in [0.29, 0.717) is 23.6 Å². The molecule has 1 fully saturated rings. The minimum absolute atomic E-state index is 0.122. The van der Waals surface area contributed by atoms with Crippen LogP contribution in [-0.2, 0) is 0 Å². The second-order valence-electron chi connectivity index (χ2n) is 5.95. The van der Waals surface area contributed by atoms with E-state index in [1.807, 2.05) is 19.1 Å². The molecule has 0 radical (unpaired) electrons. The first kappa shape index (κ1) is 15.7. The van der Waals surface area contributed by atoms with Crippen LogP contribution in [-0.4, -0.2) is 39.7 Å². The largest absolute Gasteiger partial charge is 0.393 e. The summed E-state index contributed by atoms with van der Waals surface area (Å²) < 4.78 is 0. The predicted octanol–water partition coefficient (Wildman–Crippen LogP) is 2.09. The van der Waals surface area contributed by atoms with Crippen LogP contribution in [0.5, 0.6) is 0 Å². The maximum Gasteiger partial charge on any atom is 0.253 e. The smallest absolute Gasteiger partial charge is 0.253 e. The maximum atomic E-state index is 12.2. The third-order valence-corrected chi connectivity index (χ3v) is 4.22. The zero-order chi connectivity index (χ0) is 16.2. The summed E-state index contributed by atoms with van der Waals surface area (Å²) in [5.41, 5.74) is 1.22. The molecule has 1 aliphatic carbocycles. The van der Waals surface area contributed by atoms with E-state index in [-0.39, 0.29) is 18.1 Å². The number of amides is 1. The van der Waals surface area contributed by atoms with E-state index in [2.05, 4.69) is 20.6 Å². The Kier molecular flexibility index (Phi) is 4.71. The summed E-state index contributed by atoms with van der Waals surface area (Å²) in [6.07, 6.45) is 4.96. The van der Waals surface area contributed by atoms with Crippen molar-refractivity contribution in [2.75, 3.05) is 11.9 Å². The topological polar surface area (TPSA) is 87.1 Å².